The van der Waals surface area contributed by atoms with Gasteiger partial charge in [0, 0.05) is 18.4 Å². The summed E-state index contributed by atoms with van der Waals surface area (Å²) in [5, 5.41) is 8.99. The first-order chi connectivity index (χ1) is 10.7. The fourth-order valence-corrected chi connectivity index (χ4v) is 3.52. The summed E-state index contributed by atoms with van der Waals surface area (Å²) in [6.07, 6.45) is 0.581. The molecular formula is C15H19NO6S. The van der Waals surface area contributed by atoms with Crippen molar-refractivity contribution in [2.45, 2.75) is 24.3 Å². The third kappa shape index (κ3) is 3.89. The molecule has 1 aliphatic rings. The van der Waals surface area contributed by atoms with E-state index in [0.717, 1.165) is 6.26 Å². The number of nitrogens with zero attached hydrogens (tertiary/aromatic N) is 1. The van der Waals surface area contributed by atoms with E-state index < -0.39 is 27.8 Å². The van der Waals surface area contributed by atoms with Crippen LogP contribution in [0.4, 0.5) is 0 Å². The number of benzene rings is 1. The fraction of sp³-hybridized carbons (Fsp3) is 0.467. The highest BCUT2D eigenvalue weighted by Crippen LogP contribution is 2.20. The van der Waals surface area contributed by atoms with E-state index in [0.29, 0.717) is 12.0 Å². The van der Waals surface area contributed by atoms with Crippen LogP contribution in [-0.2, 0) is 25.8 Å². The van der Waals surface area contributed by atoms with Crippen molar-refractivity contribution < 1.29 is 27.9 Å². The van der Waals surface area contributed by atoms with Crippen LogP contribution in [0.5, 0.6) is 0 Å². The van der Waals surface area contributed by atoms with Gasteiger partial charge in [-0.3, -0.25) is 4.79 Å². The summed E-state index contributed by atoms with van der Waals surface area (Å²) in [6.45, 7) is 2.18. The molecule has 0 saturated carbocycles. The molecule has 1 unspecified atom stereocenters. The van der Waals surface area contributed by atoms with E-state index in [-0.39, 0.29) is 30.2 Å². The van der Waals surface area contributed by atoms with Crippen molar-refractivity contribution in [2.24, 2.45) is 0 Å². The van der Waals surface area contributed by atoms with Gasteiger partial charge in [-0.25, -0.2) is 13.2 Å². The number of carbonyl (C=O) groups is 2. The van der Waals surface area contributed by atoms with Crippen molar-refractivity contribution in [1.29, 1.82) is 0 Å². The van der Waals surface area contributed by atoms with Gasteiger partial charge in [0.15, 0.2) is 15.9 Å². The Bertz CT molecular complexity index is 727. The Morgan fingerprint density at radius 3 is 2.65 bits per heavy atom. The lowest BCUT2D eigenvalue weighted by Crippen LogP contribution is -2.48. The Kier molecular flexibility index (Phi) is 5.06. The Morgan fingerprint density at radius 2 is 2.09 bits per heavy atom. The molecule has 23 heavy (non-hydrogen) atoms. The SMILES string of the molecule is CCc1ccc(C(=O)N2CCOC(C(=O)O)C2)cc1S(C)(=O)=O. The molecule has 1 heterocycles. The average molecular weight is 341 g/mol. The number of sulfone groups is 1. The number of carboxylic acids is 1. The van der Waals surface area contributed by atoms with Crippen LogP contribution in [0.25, 0.3) is 0 Å². The topological polar surface area (TPSA) is 101 Å². The van der Waals surface area contributed by atoms with Crippen molar-refractivity contribution >= 4 is 21.7 Å². The molecule has 0 radical (unpaired) electrons. The summed E-state index contributed by atoms with van der Waals surface area (Å²) >= 11 is 0. The maximum Gasteiger partial charge on any atom is 0.334 e. The first-order valence-electron chi connectivity index (χ1n) is 7.20. The van der Waals surface area contributed by atoms with Crippen molar-refractivity contribution in [3.63, 3.8) is 0 Å². The Labute approximate surface area is 134 Å². The molecule has 126 valence electrons. The number of carboxylic acid groups (broad SMARTS) is 1. The predicted octanol–water partition coefficient (Wildman–Crippen LogP) is 0.578. The van der Waals surface area contributed by atoms with E-state index in [2.05, 4.69) is 0 Å². The Balaban J connectivity index is 2.31. The zero-order valence-electron chi connectivity index (χ0n) is 13.0. The van der Waals surface area contributed by atoms with Crippen molar-refractivity contribution in [2.75, 3.05) is 26.0 Å². The molecular weight excluding hydrogens is 322 g/mol. The number of aryl methyl sites for hydroxylation is 1. The van der Waals surface area contributed by atoms with Crippen molar-refractivity contribution in [3.8, 4) is 0 Å². The van der Waals surface area contributed by atoms with Crippen LogP contribution < -0.4 is 0 Å². The zero-order valence-corrected chi connectivity index (χ0v) is 13.8. The molecule has 1 saturated heterocycles. The van der Waals surface area contributed by atoms with Gasteiger partial charge in [0.05, 0.1) is 18.0 Å². The van der Waals surface area contributed by atoms with Crippen LogP contribution in [0.1, 0.15) is 22.8 Å². The van der Waals surface area contributed by atoms with Gasteiger partial charge >= 0.3 is 5.97 Å². The lowest BCUT2D eigenvalue weighted by molar-refractivity contribution is -0.154. The smallest absolute Gasteiger partial charge is 0.334 e. The van der Waals surface area contributed by atoms with Crippen LogP contribution in [-0.4, -0.2) is 62.4 Å². The second-order valence-electron chi connectivity index (χ2n) is 5.40. The second-order valence-corrected chi connectivity index (χ2v) is 7.38. The van der Waals surface area contributed by atoms with Gasteiger partial charge in [0.1, 0.15) is 0 Å². The predicted molar refractivity (Wildman–Crippen MR) is 82.2 cm³/mol. The highest BCUT2D eigenvalue weighted by Gasteiger charge is 2.30. The van der Waals surface area contributed by atoms with E-state index >= 15 is 0 Å². The molecule has 2 rings (SSSR count). The third-order valence-corrected chi connectivity index (χ3v) is 4.90. The van der Waals surface area contributed by atoms with Crippen LogP contribution in [0.15, 0.2) is 23.1 Å². The standard InChI is InChI=1S/C15H19NO6S/c1-3-10-4-5-11(8-13(10)23(2,20)21)14(17)16-6-7-22-12(9-16)15(18)19/h4-5,8,12H,3,6-7,9H2,1-2H3,(H,18,19). The van der Waals surface area contributed by atoms with Crippen LogP contribution >= 0.6 is 0 Å². The average Bonchev–Trinajstić information content (AvgIpc) is 2.52. The Morgan fingerprint density at radius 1 is 1.39 bits per heavy atom. The molecule has 7 nitrogen and oxygen atoms in total. The zero-order chi connectivity index (χ0) is 17.2. The molecule has 1 atom stereocenters. The number of carbonyl (C=O) groups excluding carboxylic acids is 1. The minimum Gasteiger partial charge on any atom is -0.479 e. The van der Waals surface area contributed by atoms with E-state index in [1.54, 1.807) is 12.1 Å². The van der Waals surface area contributed by atoms with Crippen molar-refractivity contribution in [1.82, 2.24) is 4.90 Å². The molecule has 1 N–H and O–H groups in total. The third-order valence-electron chi connectivity index (χ3n) is 3.72. The molecule has 0 bridgehead atoms. The molecule has 1 aromatic rings. The summed E-state index contributed by atoms with van der Waals surface area (Å²) in [5.41, 5.74) is 0.878. The number of aliphatic carboxylic acids is 1. The quantitative estimate of drug-likeness (QED) is 0.859. The van der Waals surface area contributed by atoms with E-state index in [9.17, 15) is 18.0 Å². The van der Waals surface area contributed by atoms with Gasteiger partial charge in [0.2, 0.25) is 0 Å². The molecule has 1 fully saturated rings. The summed E-state index contributed by atoms with van der Waals surface area (Å²) in [6, 6.07) is 4.56. The molecule has 1 aliphatic heterocycles. The first kappa shape index (κ1) is 17.4. The summed E-state index contributed by atoms with van der Waals surface area (Å²) in [4.78, 5) is 25.0. The van der Waals surface area contributed by atoms with Crippen molar-refractivity contribution in [3.05, 3.63) is 29.3 Å². The van der Waals surface area contributed by atoms with Gasteiger partial charge in [-0.2, -0.15) is 0 Å². The number of hydrogen-bond donors (Lipinski definition) is 1. The Hall–Kier alpha value is -1.93. The van der Waals surface area contributed by atoms with E-state index in [1.807, 2.05) is 6.92 Å². The molecule has 0 aliphatic carbocycles. The number of ether oxygens (including phenoxy) is 1. The molecule has 8 heteroatoms. The van der Waals surface area contributed by atoms with Crippen LogP contribution in [0.3, 0.4) is 0 Å². The summed E-state index contributed by atoms with van der Waals surface area (Å²) in [7, 11) is -3.45. The number of rotatable bonds is 4. The highest BCUT2D eigenvalue weighted by atomic mass is 32.2. The molecule has 0 aromatic heterocycles. The normalized spacial score (nSPS) is 18.7. The van der Waals surface area contributed by atoms with Gasteiger partial charge in [0.25, 0.3) is 5.91 Å². The van der Waals surface area contributed by atoms with E-state index in [1.165, 1.54) is 11.0 Å². The van der Waals surface area contributed by atoms with Gasteiger partial charge in [-0.1, -0.05) is 13.0 Å². The second kappa shape index (κ2) is 6.67. The minimum absolute atomic E-state index is 0.0576. The number of amides is 1. The van der Waals surface area contributed by atoms with E-state index in [4.69, 9.17) is 9.84 Å². The molecule has 1 aromatic carbocycles. The highest BCUT2D eigenvalue weighted by molar-refractivity contribution is 7.90. The van der Waals surface area contributed by atoms with Gasteiger partial charge in [-0.05, 0) is 24.1 Å². The first-order valence-corrected chi connectivity index (χ1v) is 9.10. The van der Waals surface area contributed by atoms with Gasteiger partial charge < -0.3 is 14.7 Å². The van der Waals surface area contributed by atoms with Gasteiger partial charge in [-0.15, -0.1) is 0 Å². The number of morpholine rings is 1. The van der Waals surface area contributed by atoms with Crippen LogP contribution in [0, 0.1) is 0 Å². The minimum atomic E-state index is -3.45. The monoisotopic (exact) mass is 341 g/mol. The maximum absolute atomic E-state index is 12.5. The largest absolute Gasteiger partial charge is 0.479 e. The summed E-state index contributed by atoms with van der Waals surface area (Å²) < 4.78 is 28.8. The lowest BCUT2D eigenvalue weighted by Gasteiger charge is -2.31. The lowest BCUT2D eigenvalue weighted by atomic mass is 10.1. The molecule has 0 spiro atoms. The number of hydrogen-bond acceptors (Lipinski definition) is 5. The maximum atomic E-state index is 12.5. The molecule has 1 amide bonds. The summed E-state index contributed by atoms with van der Waals surface area (Å²) in [5.74, 6) is -1.52. The van der Waals surface area contributed by atoms with Crippen LogP contribution in [0.2, 0.25) is 0 Å². The fourth-order valence-electron chi connectivity index (χ4n) is 2.49.